The van der Waals surface area contributed by atoms with Gasteiger partial charge in [-0.3, -0.25) is 4.57 Å². The molecule has 0 N–H and O–H groups in total. The maximum Gasteiger partial charge on any atom is 0.249 e. The molecule has 0 bridgehead atoms. The Morgan fingerprint density at radius 1 is 0.620 bits per heavy atom. The number of hydrogen-bond acceptors (Lipinski definition) is 1. The highest BCUT2D eigenvalue weighted by Crippen LogP contribution is 2.40. The van der Waals surface area contributed by atoms with Crippen molar-refractivity contribution >= 4 is 32.8 Å². The predicted octanol–water partition coefficient (Wildman–Crippen LogP) is 11.2. The van der Waals surface area contributed by atoms with Crippen molar-refractivity contribution in [3.63, 3.8) is 0 Å². The van der Waals surface area contributed by atoms with E-state index in [0.29, 0.717) is 11.8 Å². The van der Waals surface area contributed by atoms with Gasteiger partial charge in [-0.1, -0.05) is 114 Å². The first-order chi connectivity index (χ1) is 24.1. The quantitative estimate of drug-likeness (QED) is 0.157. The van der Waals surface area contributed by atoms with E-state index in [2.05, 4.69) is 190 Å². The first-order valence-electron chi connectivity index (χ1n) is 17.8. The number of nitrogens with zero attached hydrogens (tertiary/aromatic N) is 4. The van der Waals surface area contributed by atoms with Crippen molar-refractivity contribution in [2.24, 2.45) is 7.05 Å². The number of aryl methyl sites for hydroxylation is 1. The van der Waals surface area contributed by atoms with Crippen LogP contribution in [0.1, 0.15) is 75.6 Å². The molecule has 50 heavy (non-hydrogen) atoms. The van der Waals surface area contributed by atoms with Gasteiger partial charge >= 0.3 is 0 Å². The Hall–Kier alpha value is -5.48. The molecule has 0 fully saturated rings. The van der Waals surface area contributed by atoms with E-state index >= 15 is 0 Å². The first-order valence-corrected chi connectivity index (χ1v) is 17.8. The molecule has 3 heterocycles. The van der Waals surface area contributed by atoms with Crippen LogP contribution in [0, 0.1) is 0 Å². The molecule has 4 heteroatoms. The van der Waals surface area contributed by atoms with Gasteiger partial charge in [-0.15, -0.1) is 0 Å². The van der Waals surface area contributed by atoms with Gasteiger partial charge in [0.2, 0.25) is 6.33 Å². The fourth-order valence-corrected chi connectivity index (χ4v) is 7.87. The molecule has 8 rings (SSSR count). The third kappa shape index (κ3) is 5.13. The molecule has 4 nitrogen and oxygen atoms in total. The molecule has 0 amide bonds. The van der Waals surface area contributed by atoms with E-state index < -0.39 is 0 Å². The zero-order chi connectivity index (χ0) is 34.7. The molecule has 0 saturated carbocycles. The molecule has 3 aromatic heterocycles. The minimum atomic E-state index is -0.256. The average molecular weight is 654 g/mol. The third-order valence-corrected chi connectivity index (χ3v) is 10.7. The van der Waals surface area contributed by atoms with Gasteiger partial charge in [-0.25, -0.2) is 9.55 Å². The van der Waals surface area contributed by atoms with Crippen molar-refractivity contribution < 1.29 is 4.57 Å². The highest BCUT2D eigenvalue weighted by molar-refractivity contribution is 6.09. The molecule has 0 aliphatic carbocycles. The molecule has 0 aliphatic rings. The number of rotatable bonds is 7. The van der Waals surface area contributed by atoms with Gasteiger partial charge in [-0.05, 0) is 93.7 Å². The Balaban J connectivity index is 1.29. The predicted molar refractivity (Wildman–Crippen MR) is 209 cm³/mol. The van der Waals surface area contributed by atoms with E-state index in [9.17, 15) is 0 Å². The summed E-state index contributed by atoms with van der Waals surface area (Å²) >= 11 is 0. The second-order valence-corrected chi connectivity index (χ2v) is 14.9. The highest BCUT2D eigenvalue weighted by Gasteiger charge is 2.27. The second kappa shape index (κ2) is 12.1. The summed E-state index contributed by atoms with van der Waals surface area (Å²) in [5, 5.41) is 2.47. The summed E-state index contributed by atoms with van der Waals surface area (Å²) in [6, 6.07) is 44.6. The molecule has 0 radical (unpaired) electrons. The SMILES string of the molecule is CC(C)c1cccc(C(C)C)c1-c1ccnc(-n2c3ccccc3c3ccc(C(C)(C)c4cccc(-n5c[n+](C)c6ccccc65)c4)cc32)c1. The van der Waals surface area contributed by atoms with Crippen molar-refractivity contribution in [2.45, 2.75) is 58.8 Å². The van der Waals surface area contributed by atoms with Crippen molar-refractivity contribution in [1.29, 1.82) is 0 Å². The Bertz CT molecular complexity index is 2520. The summed E-state index contributed by atoms with van der Waals surface area (Å²) in [6.07, 6.45) is 4.16. The largest absolute Gasteiger partial charge is 0.294 e. The van der Waals surface area contributed by atoms with Crippen LogP contribution in [0.2, 0.25) is 0 Å². The molecule has 248 valence electrons. The maximum atomic E-state index is 5.04. The lowest BCUT2D eigenvalue weighted by atomic mass is 9.77. The molecule has 0 saturated heterocycles. The first kappa shape index (κ1) is 31.8. The Morgan fingerprint density at radius 3 is 2.04 bits per heavy atom. The summed E-state index contributed by atoms with van der Waals surface area (Å²) < 4.78 is 6.84. The van der Waals surface area contributed by atoms with Crippen LogP contribution in [0.4, 0.5) is 0 Å². The number of imidazole rings is 1. The molecular formula is C46H45N4+. The van der Waals surface area contributed by atoms with E-state index in [1.807, 2.05) is 6.20 Å². The van der Waals surface area contributed by atoms with Gasteiger partial charge in [0.1, 0.15) is 11.5 Å². The van der Waals surface area contributed by atoms with Gasteiger partial charge in [0, 0.05) is 22.4 Å². The van der Waals surface area contributed by atoms with Gasteiger partial charge in [-0.2, -0.15) is 4.57 Å². The number of para-hydroxylation sites is 3. The van der Waals surface area contributed by atoms with Crippen molar-refractivity contribution in [2.75, 3.05) is 0 Å². The average Bonchev–Trinajstić information content (AvgIpc) is 3.65. The lowest BCUT2D eigenvalue weighted by molar-refractivity contribution is -0.645. The molecule has 0 aliphatic heterocycles. The third-order valence-electron chi connectivity index (χ3n) is 10.7. The number of fused-ring (bicyclic) bond motifs is 4. The minimum Gasteiger partial charge on any atom is -0.294 e. The Labute approximate surface area is 295 Å². The fourth-order valence-electron chi connectivity index (χ4n) is 7.87. The van der Waals surface area contributed by atoms with Gasteiger partial charge in [0.05, 0.1) is 18.1 Å². The zero-order valence-electron chi connectivity index (χ0n) is 30.1. The normalized spacial score (nSPS) is 12.3. The summed E-state index contributed by atoms with van der Waals surface area (Å²) in [5.74, 6) is 1.76. The van der Waals surface area contributed by atoms with Crippen LogP contribution >= 0.6 is 0 Å². The number of hydrogen-bond donors (Lipinski definition) is 0. The molecular weight excluding hydrogens is 609 g/mol. The molecule has 8 aromatic rings. The Kier molecular flexibility index (Phi) is 7.71. The fraction of sp³-hybridized carbons (Fsp3) is 0.217. The maximum absolute atomic E-state index is 5.04. The van der Waals surface area contributed by atoms with Crippen molar-refractivity contribution in [3.8, 4) is 22.6 Å². The molecule has 5 aromatic carbocycles. The summed E-state index contributed by atoms with van der Waals surface area (Å²) in [5.41, 5.74) is 13.5. The molecule has 0 unspecified atom stereocenters. The van der Waals surface area contributed by atoms with Crippen molar-refractivity contribution in [3.05, 3.63) is 156 Å². The van der Waals surface area contributed by atoms with E-state index in [4.69, 9.17) is 4.98 Å². The van der Waals surface area contributed by atoms with Crippen LogP contribution in [-0.2, 0) is 12.5 Å². The van der Waals surface area contributed by atoms with Crippen LogP contribution in [0.5, 0.6) is 0 Å². The second-order valence-electron chi connectivity index (χ2n) is 14.9. The molecule has 0 spiro atoms. The van der Waals surface area contributed by atoms with Gasteiger partial charge in [0.15, 0.2) is 11.0 Å². The van der Waals surface area contributed by atoms with Crippen LogP contribution in [0.3, 0.4) is 0 Å². The zero-order valence-corrected chi connectivity index (χ0v) is 30.1. The van der Waals surface area contributed by atoms with Crippen LogP contribution in [0.15, 0.2) is 134 Å². The smallest absolute Gasteiger partial charge is 0.249 e. The Morgan fingerprint density at radius 2 is 1.28 bits per heavy atom. The van der Waals surface area contributed by atoms with Crippen LogP contribution < -0.4 is 4.57 Å². The molecule has 0 atom stereocenters. The monoisotopic (exact) mass is 653 g/mol. The van der Waals surface area contributed by atoms with E-state index in [1.54, 1.807) is 0 Å². The minimum absolute atomic E-state index is 0.256. The number of benzene rings is 5. The number of pyridine rings is 1. The topological polar surface area (TPSA) is 26.6 Å². The lowest BCUT2D eigenvalue weighted by Crippen LogP contribution is -2.25. The summed E-state index contributed by atoms with van der Waals surface area (Å²) in [6.45, 7) is 13.8. The van der Waals surface area contributed by atoms with E-state index in [1.165, 1.54) is 60.7 Å². The van der Waals surface area contributed by atoms with Crippen LogP contribution in [-0.4, -0.2) is 14.1 Å². The van der Waals surface area contributed by atoms with E-state index in [0.717, 1.165) is 17.0 Å². The highest BCUT2D eigenvalue weighted by atomic mass is 15.1. The summed E-state index contributed by atoms with van der Waals surface area (Å²) in [4.78, 5) is 5.04. The van der Waals surface area contributed by atoms with E-state index in [-0.39, 0.29) is 5.41 Å². The van der Waals surface area contributed by atoms with Gasteiger partial charge < -0.3 is 0 Å². The standard InChI is InChI=1S/C46H45N4/c1-30(2)36-17-13-18-37(31(3)4)45(36)32-24-25-47-44(26-32)50-40-19-9-8-16-38(40)39-23-22-34(28-43(39)50)46(5,6)33-14-12-15-35(27-33)49-29-48(7)41-20-10-11-21-42(41)49/h8-31H,1-7H3/q+1. The van der Waals surface area contributed by atoms with Crippen LogP contribution in [0.25, 0.3) is 55.5 Å². The van der Waals surface area contributed by atoms with Gasteiger partial charge in [0.25, 0.3) is 0 Å². The van der Waals surface area contributed by atoms with Crippen molar-refractivity contribution in [1.82, 2.24) is 14.1 Å². The number of aromatic nitrogens is 4. The summed E-state index contributed by atoms with van der Waals surface area (Å²) in [7, 11) is 2.11. The lowest BCUT2D eigenvalue weighted by Gasteiger charge is -2.26.